The Labute approximate surface area is 112 Å². The van der Waals surface area contributed by atoms with Gasteiger partial charge in [0.25, 0.3) is 5.91 Å². The summed E-state index contributed by atoms with van der Waals surface area (Å²) in [5.41, 5.74) is 13.0. The highest BCUT2D eigenvalue weighted by atomic mass is 16.5. The SMILES string of the molecule is NCC(N)CNCCc1ccc2c(c1)NC(=O)CO2. The van der Waals surface area contributed by atoms with Gasteiger partial charge in [-0.2, -0.15) is 0 Å². The maximum atomic E-state index is 11.2. The molecule has 1 aromatic carbocycles. The molecule has 19 heavy (non-hydrogen) atoms. The van der Waals surface area contributed by atoms with Crippen LogP contribution in [-0.2, 0) is 11.2 Å². The molecule has 0 saturated heterocycles. The van der Waals surface area contributed by atoms with Crippen molar-refractivity contribution in [2.75, 3.05) is 31.6 Å². The number of nitrogens with one attached hydrogen (secondary N) is 2. The largest absolute Gasteiger partial charge is 0.482 e. The third-order valence-corrected chi connectivity index (χ3v) is 2.98. The Hall–Kier alpha value is -1.63. The number of fused-ring (bicyclic) bond motifs is 1. The summed E-state index contributed by atoms with van der Waals surface area (Å²) in [5.74, 6) is 0.609. The molecule has 1 unspecified atom stereocenters. The summed E-state index contributed by atoms with van der Waals surface area (Å²) in [5, 5.41) is 6.05. The zero-order valence-corrected chi connectivity index (χ0v) is 10.8. The van der Waals surface area contributed by atoms with Crippen LogP contribution in [0.3, 0.4) is 0 Å². The van der Waals surface area contributed by atoms with E-state index in [4.69, 9.17) is 16.2 Å². The first-order chi connectivity index (χ1) is 9.19. The molecule has 0 radical (unpaired) electrons. The Kier molecular flexibility index (Phi) is 4.73. The van der Waals surface area contributed by atoms with Crippen molar-refractivity contribution in [2.24, 2.45) is 11.5 Å². The van der Waals surface area contributed by atoms with Crippen LogP contribution in [0.5, 0.6) is 5.75 Å². The molecule has 0 bridgehead atoms. The lowest BCUT2D eigenvalue weighted by molar-refractivity contribution is -0.118. The quantitative estimate of drug-likeness (QED) is 0.516. The molecule has 0 aromatic heterocycles. The topological polar surface area (TPSA) is 102 Å². The number of amides is 1. The molecular weight excluding hydrogens is 244 g/mol. The van der Waals surface area contributed by atoms with Gasteiger partial charge in [-0.1, -0.05) is 6.07 Å². The highest BCUT2D eigenvalue weighted by Gasteiger charge is 2.15. The van der Waals surface area contributed by atoms with Gasteiger partial charge in [-0.05, 0) is 30.7 Å². The van der Waals surface area contributed by atoms with Crippen LogP contribution in [0.15, 0.2) is 18.2 Å². The molecule has 0 saturated carbocycles. The van der Waals surface area contributed by atoms with Gasteiger partial charge >= 0.3 is 0 Å². The van der Waals surface area contributed by atoms with Gasteiger partial charge in [0.2, 0.25) is 0 Å². The van der Waals surface area contributed by atoms with E-state index in [1.165, 1.54) is 0 Å². The number of rotatable bonds is 6. The monoisotopic (exact) mass is 264 g/mol. The summed E-state index contributed by atoms with van der Waals surface area (Å²) in [6, 6.07) is 5.82. The highest BCUT2D eigenvalue weighted by molar-refractivity contribution is 5.95. The second-order valence-corrected chi connectivity index (χ2v) is 4.62. The highest BCUT2D eigenvalue weighted by Crippen LogP contribution is 2.28. The predicted molar refractivity (Wildman–Crippen MR) is 74.2 cm³/mol. The molecule has 1 aromatic rings. The van der Waals surface area contributed by atoms with Crippen molar-refractivity contribution >= 4 is 11.6 Å². The molecule has 104 valence electrons. The van der Waals surface area contributed by atoms with Crippen molar-refractivity contribution < 1.29 is 9.53 Å². The molecule has 1 aliphatic rings. The van der Waals surface area contributed by atoms with Crippen molar-refractivity contribution in [3.8, 4) is 5.75 Å². The first-order valence-corrected chi connectivity index (χ1v) is 6.41. The number of hydrogen-bond donors (Lipinski definition) is 4. The van der Waals surface area contributed by atoms with Gasteiger partial charge in [0.1, 0.15) is 5.75 Å². The Bertz CT molecular complexity index is 450. The Morgan fingerprint density at radius 1 is 1.47 bits per heavy atom. The Balaban J connectivity index is 1.84. The molecule has 6 nitrogen and oxygen atoms in total. The van der Waals surface area contributed by atoms with Crippen molar-refractivity contribution in [1.29, 1.82) is 0 Å². The first kappa shape index (κ1) is 13.8. The van der Waals surface area contributed by atoms with Crippen LogP contribution in [0.25, 0.3) is 0 Å². The molecule has 1 amide bonds. The zero-order chi connectivity index (χ0) is 13.7. The standard InChI is InChI=1S/C13H20N4O2/c14-6-10(15)7-16-4-3-9-1-2-12-11(5-9)17-13(18)8-19-12/h1-2,5,10,16H,3-4,6-8,14-15H2,(H,17,18). The average Bonchev–Trinajstić information content (AvgIpc) is 2.42. The summed E-state index contributed by atoms with van der Waals surface area (Å²) >= 11 is 0. The van der Waals surface area contributed by atoms with Crippen LogP contribution in [0, 0.1) is 0 Å². The van der Waals surface area contributed by atoms with Gasteiger partial charge in [-0.25, -0.2) is 0 Å². The summed E-state index contributed by atoms with van der Waals surface area (Å²) in [7, 11) is 0. The fourth-order valence-electron chi connectivity index (χ4n) is 1.89. The van der Waals surface area contributed by atoms with E-state index in [1.807, 2.05) is 18.2 Å². The minimum atomic E-state index is -0.114. The molecule has 0 spiro atoms. The minimum Gasteiger partial charge on any atom is -0.482 e. The van der Waals surface area contributed by atoms with Gasteiger partial charge in [-0.15, -0.1) is 0 Å². The number of carbonyl (C=O) groups excluding carboxylic acids is 1. The Morgan fingerprint density at radius 2 is 2.32 bits per heavy atom. The van der Waals surface area contributed by atoms with Crippen LogP contribution in [-0.4, -0.2) is 38.2 Å². The number of benzene rings is 1. The van der Waals surface area contributed by atoms with Crippen LogP contribution in [0.4, 0.5) is 5.69 Å². The fourth-order valence-corrected chi connectivity index (χ4v) is 1.89. The molecule has 0 fully saturated rings. The van der Waals surface area contributed by atoms with Crippen LogP contribution in [0.2, 0.25) is 0 Å². The lowest BCUT2D eigenvalue weighted by atomic mass is 10.1. The summed E-state index contributed by atoms with van der Waals surface area (Å²) in [6.07, 6.45) is 0.862. The second-order valence-electron chi connectivity index (χ2n) is 4.62. The van der Waals surface area contributed by atoms with E-state index in [2.05, 4.69) is 10.6 Å². The summed E-state index contributed by atoms with van der Waals surface area (Å²) in [6.45, 7) is 2.10. The maximum absolute atomic E-state index is 11.2. The zero-order valence-electron chi connectivity index (χ0n) is 10.8. The minimum absolute atomic E-state index is 0.00350. The third kappa shape index (κ3) is 3.92. The van der Waals surface area contributed by atoms with Crippen LogP contribution < -0.4 is 26.8 Å². The van der Waals surface area contributed by atoms with Crippen molar-refractivity contribution in [3.63, 3.8) is 0 Å². The molecule has 1 atom stereocenters. The van der Waals surface area contributed by atoms with E-state index < -0.39 is 0 Å². The number of hydrogen-bond acceptors (Lipinski definition) is 5. The number of nitrogens with two attached hydrogens (primary N) is 2. The van der Waals surface area contributed by atoms with Crippen molar-refractivity contribution in [2.45, 2.75) is 12.5 Å². The number of ether oxygens (including phenoxy) is 1. The lowest BCUT2D eigenvalue weighted by Gasteiger charge is -2.18. The molecule has 0 aliphatic carbocycles. The molecule has 6 heteroatoms. The van der Waals surface area contributed by atoms with E-state index in [0.29, 0.717) is 13.1 Å². The predicted octanol–water partition coefficient (Wildman–Crippen LogP) is -0.564. The van der Waals surface area contributed by atoms with Gasteiger partial charge in [-0.3, -0.25) is 4.79 Å². The van der Waals surface area contributed by atoms with Crippen molar-refractivity contribution in [1.82, 2.24) is 5.32 Å². The Morgan fingerprint density at radius 3 is 3.11 bits per heavy atom. The molecule has 1 heterocycles. The van der Waals surface area contributed by atoms with E-state index >= 15 is 0 Å². The van der Waals surface area contributed by atoms with E-state index in [0.717, 1.165) is 30.0 Å². The average molecular weight is 264 g/mol. The van der Waals surface area contributed by atoms with E-state index in [1.54, 1.807) is 0 Å². The van der Waals surface area contributed by atoms with Gasteiger partial charge in [0.15, 0.2) is 6.61 Å². The molecule has 2 rings (SSSR count). The molecular formula is C13H20N4O2. The van der Waals surface area contributed by atoms with E-state index in [9.17, 15) is 4.79 Å². The maximum Gasteiger partial charge on any atom is 0.262 e. The number of carbonyl (C=O) groups is 1. The smallest absolute Gasteiger partial charge is 0.262 e. The van der Waals surface area contributed by atoms with Crippen LogP contribution in [0.1, 0.15) is 5.56 Å². The molecule has 6 N–H and O–H groups in total. The second kappa shape index (κ2) is 6.51. The van der Waals surface area contributed by atoms with Gasteiger partial charge in [0, 0.05) is 19.1 Å². The summed E-state index contributed by atoms with van der Waals surface area (Å²) < 4.78 is 5.30. The first-order valence-electron chi connectivity index (χ1n) is 6.41. The van der Waals surface area contributed by atoms with Crippen LogP contribution >= 0.6 is 0 Å². The molecule has 1 aliphatic heterocycles. The van der Waals surface area contributed by atoms with Gasteiger partial charge in [0.05, 0.1) is 5.69 Å². The number of anilines is 1. The lowest BCUT2D eigenvalue weighted by Crippen LogP contribution is -2.40. The third-order valence-electron chi connectivity index (χ3n) is 2.98. The fraction of sp³-hybridized carbons (Fsp3) is 0.462. The van der Waals surface area contributed by atoms with Crippen molar-refractivity contribution in [3.05, 3.63) is 23.8 Å². The van der Waals surface area contributed by atoms with E-state index in [-0.39, 0.29) is 18.6 Å². The summed E-state index contributed by atoms with van der Waals surface area (Å²) in [4.78, 5) is 11.2. The van der Waals surface area contributed by atoms with Gasteiger partial charge < -0.3 is 26.8 Å². The normalized spacial score (nSPS) is 15.4.